The minimum Gasteiger partial charge on any atom is -0.493 e. The zero-order valence-corrected chi connectivity index (χ0v) is 11.1. The lowest BCUT2D eigenvalue weighted by molar-refractivity contribution is -0.0886. The molecule has 3 nitrogen and oxygen atoms in total. The van der Waals surface area contributed by atoms with Gasteiger partial charge in [0.05, 0.1) is 23.8 Å². The van der Waals surface area contributed by atoms with Crippen LogP contribution in [0.4, 0.5) is 13.2 Å². The van der Waals surface area contributed by atoms with Gasteiger partial charge >= 0.3 is 6.18 Å². The Kier molecular flexibility index (Phi) is 5.05. The van der Waals surface area contributed by atoms with Crippen LogP contribution in [0.2, 0.25) is 5.02 Å². The number of ketones is 1. The molecule has 0 unspecified atom stereocenters. The van der Waals surface area contributed by atoms with Gasteiger partial charge in [0.2, 0.25) is 0 Å². The van der Waals surface area contributed by atoms with Gasteiger partial charge in [-0.2, -0.15) is 13.2 Å². The van der Waals surface area contributed by atoms with E-state index in [0.717, 1.165) is 6.07 Å². The van der Waals surface area contributed by atoms with Crippen molar-refractivity contribution in [3.05, 3.63) is 22.7 Å². The summed E-state index contributed by atoms with van der Waals surface area (Å²) in [5.74, 6) is -2.02. The Morgan fingerprint density at radius 1 is 1.16 bits per heavy atom. The predicted octanol–water partition coefficient (Wildman–Crippen LogP) is 3.88. The molecule has 1 aromatic carbocycles. The molecule has 0 heterocycles. The van der Waals surface area contributed by atoms with Gasteiger partial charge in [-0.05, 0) is 19.9 Å². The molecule has 19 heavy (non-hydrogen) atoms. The first-order valence-corrected chi connectivity index (χ1v) is 5.89. The highest BCUT2D eigenvalue weighted by molar-refractivity contribution is 6.32. The van der Waals surface area contributed by atoms with Crippen LogP contribution in [0, 0.1) is 0 Å². The average molecular weight is 297 g/mol. The van der Waals surface area contributed by atoms with E-state index in [-0.39, 0.29) is 29.7 Å². The minimum atomic E-state index is -4.98. The van der Waals surface area contributed by atoms with Crippen molar-refractivity contribution in [2.45, 2.75) is 20.0 Å². The Bertz CT molecular complexity index is 472. The van der Waals surface area contributed by atoms with Crippen molar-refractivity contribution < 1.29 is 27.4 Å². The summed E-state index contributed by atoms with van der Waals surface area (Å²) in [6.45, 7) is 3.70. The van der Waals surface area contributed by atoms with Crippen molar-refractivity contribution in [3.63, 3.8) is 0 Å². The lowest BCUT2D eigenvalue weighted by atomic mass is 10.1. The van der Waals surface area contributed by atoms with Crippen LogP contribution in [0.5, 0.6) is 11.5 Å². The van der Waals surface area contributed by atoms with Gasteiger partial charge in [-0.1, -0.05) is 11.6 Å². The van der Waals surface area contributed by atoms with E-state index in [4.69, 9.17) is 21.1 Å². The molecule has 0 aliphatic heterocycles. The van der Waals surface area contributed by atoms with E-state index in [2.05, 4.69) is 0 Å². The van der Waals surface area contributed by atoms with Crippen molar-refractivity contribution in [3.8, 4) is 11.5 Å². The smallest absolute Gasteiger partial charge is 0.455 e. The summed E-state index contributed by atoms with van der Waals surface area (Å²) >= 11 is 5.77. The molecule has 106 valence electrons. The molecule has 0 saturated heterocycles. The molecule has 0 fully saturated rings. The molecule has 0 aliphatic rings. The first-order chi connectivity index (χ1) is 8.81. The lowest BCUT2D eigenvalue weighted by Gasteiger charge is -2.14. The molecule has 0 N–H and O–H groups in total. The molecule has 0 aromatic heterocycles. The highest BCUT2D eigenvalue weighted by atomic mass is 35.5. The maximum absolute atomic E-state index is 12.5. The first kappa shape index (κ1) is 15.6. The van der Waals surface area contributed by atoms with Gasteiger partial charge in [0.25, 0.3) is 5.78 Å². The summed E-state index contributed by atoms with van der Waals surface area (Å²) < 4.78 is 47.5. The highest BCUT2D eigenvalue weighted by Gasteiger charge is 2.41. The van der Waals surface area contributed by atoms with E-state index < -0.39 is 17.5 Å². The van der Waals surface area contributed by atoms with E-state index in [0.29, 0.717) is 0 Å². The number of hydrogen-bond donors (Lipinski definition) is 0. The molecule has 0 bridgehead atoms. The van der Waals surface area contributed by atoms with Gasteiger partial charge in [-0.25, -0.2) is 0 Å². The molecule has 0 amide bonds. The number of carbonyl (C=O) groups is 1. The maximum Gasteiger partial charge on any atom is 0.455 e. The highest BCUT2D eigenvalue weighted by Crippen LogP contribution is 2.36. The van der Waals surface area contributed by atoms with Gasteiger partial charge < -0.3 is 9.47 Å². The number of Topliss-reactive ketones (excluding diaryl/α,β-unsaturated/α-hetero) is 1. The number of benzene rings is 1. The fourth-order valence-electron chi connectivity index (χ4n) is 1.41. The summed E-state index contributed by atoms with van der Waals surface area (Å²) in [5, 5.41) is -0.0714. The standard InChI is InChI=1S/C12H12ClF3O3/c1-3-18-9-6-10(19-4-2)8(13)5-7(9)11(17)12(14,15)16/h5-6H,3-4H2,1-2H3. The molecule has 1 rings (SSSR count). The Balaban J connectivity index is 3.30. The van der Waals surface area contributed by atoms with Crippen molar-refractivity contribution >= 4 is 17.4 Å². The molecule has 7 heteroatoms. The Hall–Kier alpha value is -1.43. The summed E-state index contributed by atoms with van der Waals surface area (Å²) in [5.41, 5.74) is -0.622. The van der Waals surface area contributed by atoms with Crippen LogP contribution >= 0.6 is 11.6 Å². The second kappa shape index (κ2) is 6.14. The van der Waals surface area contributed by atoms with Crippen LogP contribution in [0.1, 0.15) is 24.2 Å². The summed E-state index contributed by atoms with van der Waals surface area (Å²) in [7, 11) is 0. The number of alkyl halides is 3. The molecule has 0 radical (unpaired) electrons. The normalized spacial score (nSPS) is 11.3. The average Bonchev–Trinajstić information content (AvgIpc) is 2.31. The van der Waals surface area contributed by atoms with Crippen LogP contribution in [-0.4, -0.2) is 25.2 Å². The fourth-order valence-corrected chi connectivity index (χ4v) is 1.62. The Morgan fingerprint density at radius 3 is 2.16 bits per heavy atom. The fraction of sp³-hybridized carbons (Fsp3) is 0.417. The third-order valence-corrected chi connectivity index (χ3v) is 2.43. The van der Waals surface area contributed by atoms with Crippen LogP contribution < -0.4 is 9.47 Å². The lowest BCUT2D eigenvalue weighted by Crippen LogP contribution is -2.23. The quantitative estimate of drug-likeness (QED) is 0.774. The summed E-state index contributed by atoms with van der Waals surface area (Å²) in [4.78, 5) is 11.3. The van der Waals surface area contributed by atoms with Crippen molar-refractivity contribution in [1.82, 2.24) is 0 Å². The van der Waals surface area contributed by atoms with Crippen LogP contribution in [0.15, 0.2) is 12.1 Å². The van der Waals surface area contributed by atoms with E-state index in [1.165, 1.54) is 6.07 Å². The summed E-state index contributed by atoms with van der Waals surface area (Å²) in [6.07, 6.45) is -4.98. The summed E-state index contributed by atoms with van der Waals surface area (Å²) in [6, 6.07) is 2.10. The predicted molar refractivity (Wildman–Crippen MR) is 64.2 cm³/mol. The molecule has 0 spiro atoms. The zero-order valence-electron chi connectivity index (χ0n) is 10.3. The minimum absolute atomic E-state index is 0.0714. The monoisotopic (exact) mass is 296 g/mol. The number of rotatable bonds is 5. The van der Waals surface area contributed by atoms with E-state index in [1.54, 1.807) is 13.8 Å². The van der Waals surface area contributed by atoms with Crippen LogP contribution in [0.3, 0.4) is 0 Å². The van der Waals surface area contributed by atoms with Gasteiger partial charge in [0.15, 0.2) is 0 Å². The van der Waals surface area contributed by atoms with E-state index in [1.807, 2.05) is 0 Å². The Labute approximate surface area is 113 Å². The van der Waals surface area contributed by atoms with E-state index in [9.17, 15) is 18.0 Å². The topological polar surface area (TPSA) is 35.5 Å². The van der Waals surface area contributed by atoms with Gasteiger partial charge in [0.1, 0.15) is 11.5 Å². The van der Waals surface area contributed by atoms with Crippen molar-refractivity contribution in [1.29, 1.82) is 0 Å². The SMILES string of the molecule is CCOc1cc(OCC)c(C(=O)C(F)(F)F)cc1Cl. The van der Waals surface area contributed by atoms with Crippen LogP contribution in [-0.2, 0) is 0 Å². The first-order valence-electron chi connectivity index (χ1n) is 5.51. The van der Waals surface area contributed by atoms with Crippen molar-refractivity contribution in [2.24, 2.45) is 0 Å². The number of halogens is 4. The van der Waals surface area contributed by atoms with Gasteiger partial charge in [-0.3, -0.25) is 4.79 Å². The molecule has 0 saturated carbocycles. The third-order valence-electron chi connectivity index (χ3n) is 2.14. The number of carbonyl (C=O) groups excluding carboxylic acids is 1. The second-order valence-corrected chi connectivity index (χ2v) is 3.88. The van der Waals surface area contributed by atoms with Crippen molar-refractivity contribution in [2.75, 3.05) is 13.2 Å². The molecule has 1 aromatic rings. The third kappa shape index (κ3) is 3.76. The molecular formula is C12H12ClF3O3. The number of hydrogen-bond acceptors (Lipinski definition) is 3. The van der Waals surface area contributed by atoms with E-state index >= 15 is 0 Å². The van der Waals surface area contributed by atoms with Gasteiger partial charge in [0, 0.05) is 6.07 Å². The Morgan fingerprint density at radius 2 is 1.68 bits per heavy atom. The maximum atomic E-state index is 12.5. The molecular weight excluding hydrogens is 285 g/mol. The zero-order chi connectivity index (χ0) is 14.6. The second-order valence-electron chi connectivity index (χ2n) is 3.47. The van der Waals surface area contributed by atoms with Crippen LogP contribution in [0.25, 0.3) is 0 Å². The largest absolute Gasteiger partial charge is 0.493 e. The molecule has 0 aliphatic carbocycles. The molecule has 0 atom stereocenters. The number of ether oxygens (including phenoxy) is 2. The van der Waals surface area contributed by atoms with Gasteiger partial charge in [-0.15, -0.1) is 0 Å².